The van der Waals surface area contributed by atoms with Gasteiger partial charge >= 0.3 is 0 Å². The number of carbonyl (C=O) groups excluding carboxylic acids is 1. The van der Waals surface area contributed by atoms with Crippen molar-refractivity contribution in [2.45, 2.75) is 19.4 Å². The maximum atomic E-state index is 12.0. The van der Waals surface area contributed by atoms with Gasteiger partial charge in [0.05, 0.1) is 11.4 Å². The second-order valence-corrected chi connectivity index (χ2v) is 4.60. The van der Waals surface area contributed by atoms with Gasteiger partial charge in [-0.05, 0) is 31.5 Å². The van der Waals surface area contributed by atoms with Crippen LogP contribution in [-0.4, -0.2) is 21.7 Å². The minimum Gasteiger partial charge on any atom is -0.397 e. The Morgan fingerprint density at radius 2 is 2.25 bits per heavy atom. The number of anilines is 1. The molecule has 104 valence electrons. The first-order chi connectivity index (χ1) is 9.61. The van der Waals surface area contributed by atoms with Crippen LogP contribution in [0.15, 0.2) is 49.2 Å². The third-order valence-corrected chi connectivity index (χ3v) is 2.90. The fourth-order valence-electron chi connectivity index (χ4n) is 1.88. The molecule has 1 atom stereocenters. The van der Waals surface area contributed by atoms with E-state index in [0.29, 0.717) is 11.4 Å². The number of amides is 1. The summed E-state index contributed by atoms with van der Waals surface area (Å²) >= 11 is 0. The smallest absolute Gasteiger partial charge is 0.272 e. The first kappa shape index (κ1) is 13.9. The van der Waals surface area contributed by atoms with E-state index < -0.39 is 0 Å². The lowest BCUT2D eigenvalue weighted by atomic mass is 10.2. The number of para-hydroxylation sites is 2. The highest BCUT2D eigenvalue weighted by Crippen LogP contribution is 2.15. The number of hydrogen-bond acceptors (Lipinski definition) is 3. The molecular weight excluding hydrogens is 252 g/mol. The van der Waals surface area contributed by atoms with Gasteiger partial charge in [0.15, 0.2) is 5.69 Å². The van der Waals surface area contributed by atoms with Crippen LogP contribution in [0.4, 0.5) is 5.69 Å². The lowest BCUT2D eigenvalue weighted by molar-refractivity contribution is 0.0935. The molecule has 1 aromatic carbocycles. The van der Waals surface area contributed by atoms with Crippen LogP contribution >= 0.6 is 0 Å². The Morgan fingerprint density at radius 3 is 2.95 bits per heavy atom. The molecule has 0 aliphatic carbocycles. The zero-order valence-corrected chi connectivity index (χ0v) is 11.4. The van der Waals surface area contributed by atoms with Crippen LogP contribution < -0.4 is 11.1 Å². The summed E-state index contributed by atoms with van der Waals surface area (Å²) < 4.78 is 1.60. The molecule has 1 unspecified atom stereocenters. The normalized spacial score (nSPS) is 11.8. The second kappa shape index (κ2) is 6.06. The van der Waals surface area contributed by atoms with Gasteiger partial charge in [0.1, 0.15) is 0 Å². The molecule has 0 saturated heterocycles. The predicted octanol–water partition coefficient (Wildman–Crippen LogP) is 2.15. The topological polar surface area (TPSA) is 72.9 Å². The number of nitrogens with one attached hydrogen (secondary N) is 1. The highest BCUT2D eigenvalue weighted by molar-refractivity contribution is 5.92. The fraction of sp³-hybridized carbons (Fsp3) is 0.200. The van der Waals surface area contributed by atoms with Gasteiger partial charge in [0.2, 0.25) is 0 Å². The molecule has 0 saturated carbocycles. The van der Waals surface area contributed by atoms with E-state index in [1.54, 1.807) is 29.1 Å². The Balaban J connectivity index is 2.15. The molecule has 5 heteroatoms. The summed E-state index contributed by atoms with van der Waals surface area (Å²) in [5, 5.41) is 7.11. The number of benzene rings is 1. The first-order valence-electron chi connectivity index (χ1n) is 6.44. The zero-order valence-electron chi connectivity index (χ0n) is 11.4. The van der Waals surface area contributed by atoms with Gasteiger partial charge in [-0.3, -0.25) is 4.79 Å². The molecule has 0 spiro atoms. The summed E-state index contributed by atoms with van der Waals surface area (Å²) in [6, 6.07) is 9.08. The third kappa shape index (κ3) is 3.06. The van der Waals surface area contributed by atoms with Crippen molar-refractivity contribution in [3.63, 3.8) is 0 Å². The van der Waals surface area contributed by atoms with E-state index in [1.807, 2.05) is 25.1 Å². The van der Waals surface area contributed by atoms with Crippen molar-refractivity contribution in [2.24, 2.45) is 0 Å². The van der Waals surface area contributed by atoms with E-state index in [1.165, 1.54) is 0 Å². The molecule has 0 aliphatic heterocycles. The van der Waals surface area contributed by atoms with Gasteiger partial charge in [-0.2, -0.15) is 5.10 Å². The van der Waals surface area contributed by atoms with Crippen LogP contribution in [0.2, 0.25) is 0 Å². The molecule has 3 N–H and O–H groups in total. The van der Waals surface area contributed by atoms with Crippen LogP contribution in [0.1, 0.15) is 23.8 Å². The van der Waals surface area contributed by atoms with E-state index >= 15 is 0 Å². The highest BCUT2D eigenvalue weighted by Gasteiger charge is 2.12. The summed E-state index contributed by atoms with van der Waals surface area (Å²) in [5.41, 5.74) is 7.62. The van der Waals surface area contributed by atoms with Crippen LogP contribution in [-0.2, 0) is 0 Å². The zero-order chi connectivity index (χ0) is 14.5. The van der Waals surface area contributed by atoms with Crippen molar-refractivity contribution in [2.75, 3.05) is 5.73 Å². The third-order valence-electron chi connectivity index (χ3n) is 2.90. The van der Waals surface area contributed by atoms with E-state index in [2.05, 4.69) is 17.0 Å². The summed E-state index contributed by atoms with van der Waals surface area (Å²) in [6.07, 6.45) is 4.21. The molecule has 0 bridgehead atoms. The lowest BCUT2D eigenvalue weighted by Gasteiger charge is -2.10. The summed E-state index contributed by atoms with van der Waals surface area (Å²) in [6.45, 7) is 5.57. The van der Waals surface area contributed by atoms with Crippen LogP contribution in [0.5, 0.6) is 0 Å². The maximum absolute atomic E-state index is 12.0. The van der Waals surface area contributed by atoms with Crippen molar-refractivity contribution in [3.8, 4) is 5.69 Å². The van der Waals surface area contributed by atoms with Gasteiger partial charge in [0, 0.05) is 12.2 Å². The minimum absolute atomic E-state index is 0.0342. The van der Waals surface area contributed by atoms with Gasteiger partial charge in [-0.15, -0.1) is 6.58 Å². The van der Waals surface area contributed by atoms with Crippen LogP contribution in [0, 0.1) is 0 Å². The largest absolute Gasteiger partial charge is 0.397 e. The average molecular weight is 270 g/mol. The van der Waals surface area contributed by atoms with Gasteiger partial charge in [0.25, 0.3) is 5.91 Å². The highest BCUT2D eigenvalue weighted by atomic mass is 16.2. The SMILES string of the molecule is C=CCC(C)NC(=O)c1ccn(-c2ccccc2N)n1. The van der Waals surface area contributed by atoms with Gasteiger partial charge < -0.3 is 11.1 Å². The molecule has 2 aromatic rings. The Hall–Kier alpha value is -2.56. The molecule has 2 rings (SSSR count). The summed E-state index contributed by atoms with van der Waals surface area (Å²) in [4.78, 5) is 12.0. The number of carbonyl (C=O) groups is 1. The molecule has 1 amide bonds. The van der Waals surface area contributed by atoms with E-state index in [9.17, 15) is 4.79 Å². The minimum atomic E-state index is -0.201. The Bertz CT molecular complexity index is 618. The number of rotatable bonds is 5. The molecule has 5 nitrogen and oxygen atoms in total. The van der Waals surface area contributed by atoms with Crippen LogP contribution in [0.25, 0.3) is 5.69 Å². The monoisotopic (exact) mass is 270 g/mol. The molecule has 20 heavy (non-hydrogen) atoms. The molecule has 0 fully saturated rings. The number of nitrogen functional groups attached to an aromatic ring is 1. The number of hydrogen-bond donors (Lipinski definition) is 2. The van der Waals surface area contributed by atoms with Crippen molar-refractivity contribution in [3.05, 3.63) is 54.9 Å². The molecule has 1 heterocycles. The Morgan fingerprint density at radius 1 is 1.50 bits per heavy atom. The van der Waals surface area contributed by atoms with Gasteiger partial charge in [-0.1, -0.05) is 18.2 Å². The molecular formula is C15H18N4O. The van der Waals surface area contributed by atoms with E-state index in [0.717, 1.165) is 12.1 Å². The number of aromatic nitrogens is 2. The predicted molar refractivity (Wildman–Crippen MR) is 79.7 cm³/mol. The Labute approximate surface area is 118 Å². The maximum Gasteiger partial charge on any atom is 0.272 e. The van der Waals surface area contributed by atoms with Crippen molar-refractivity contribution in [1.29, 1.82) is 0 Å². The summed E-state index contributed by atoms with van der Waals surface area (Å²) in [7, 11) is 0. The number of nitrogens with zero attached hydrogens (tertiary/aromatic N) is 2. The average Bonchev–Trinajstić information content (AvgIpc) is 2.89. The molecule has 1 aromatic heterocycles. The summed E-state index contributed by atoms with van der Waals surface area (Å²) in [5.74, 6) is -0.201. The quantitative estimate of drug-likeness (QED) is 0.646. The fourth-order valence-corrected chi connectivity index (χ4v) is 1.88. The molecule has 0 aliphatic rings. The van der Waals surface area contributed by atoms with E-state index in [4.69, 9.17) is 5.73 Å². The van der Waals surface area contributed by atoms with Crippen LogP contribution in [0.3, 0.4) is 0 Å². The van der Waals surface area contributed by atoms with E-state index in [-0.39, 0.29) is 11.9 Å². The van der Waals surface area contributed by atoms with Crippen molar-refractivity contribution < 1.29 is 4.79 Å². The first-order valence-corrected chi connectivity index (χ1v) is 6.44. The van der Waals surface area contributed by atoms with Crippen molar-refractivity contribution in [1.82, 2.24) is 15.1 Å². The standard InChI is InChI=1S/C15H18N4O/c1-3-6-11(2)17-15(20)13-9-10-19(18-13)14-8-5-4-7-12(14)16/h3-5,7-11H,1,6,16H2,2H3,(H,17,20). The lowest BCUT2D eigenvalue weighted by Crippen LogP contribution is -2.32. The number of nitrogens with two attached hydrogens (primary N) is 1. The second-order valence-electron chi connectivity index (χ2n) is 4.60. The molecule has 0 radical (unpaired) electrons. The Kier molecular flexibility index (Phi) is 4.20. The van der Waals surface area contributed by atoms with Gasteiger partial charge in [-0.25, -0.2) is 4.68 Å². The van der Waals surface area contributed by atoms with Crippen molar-refractivity contribution >= 4 is 11.6 Å².